The lowest BCUT2D eigenvalue weighted by Crippen LogP contribution is -2.31. The van der Waals surface area contributed by atoms with Crippen LogP contribution in [0.15, 0.2) is 78.9 Å². The van der Waals surface area contributed by atoms with E-state index in [0.717, 1.165) is 50.2 Å². The van der Waals surface area contributed by atoms with Gasteiger partial charge in [0.2, 0.25) is 5.91 Å². The highest BCUT2D eigenvalue weighted by Gasteiger charge is 2.17. The number of amides is 2. The third kappa shape index (κ3) is 7.87. The van der Waals surface area contributed by atoms with Crippen molar-refractivity contribution in [2.24, 2.45) is 0 Å². The normalized spacial score (nSPS) is 13.5. The highest BCUT2D eigenvalue weighted by Crippen LogP contribution is 2.17. The van der Waals surface area contributed by atoms with Gasteiger partial charge in [-0.1, -0.05) is 43.2 Å². The van der Waals surface area contributed by atoms with E-state index in [-0.39, 0.29) is 18.4 Å². The Kier molecular flexibility index (Phi) is 9.37. The average molecular weight is 486 g/mol. The van der Waals surface area contributed by atoms with Crippen molar-refractivity contribution in [3.8, 4) is 5.75 Å². The van der Waals surface area contributed by atoms with Crippen LogP contribution in [0, 0.1) is 0 Å². The third-order valence-electron chi connectivity index (χ3n) is 6.34. The molecule has 2 amide bonds. The summed E-state index contributed by atoms with van der Waals surface area (Å²) in [5, 5.41) is 6.01. The van der Waals surface area contributed by atoms with Gasteiger partial charge in [0.05, 0.1) is 13.2 Å². The van der Waals surface area contributed by atoms with Crippen molar-refractivity contribution in [1.29, 1.82) is 0 Å². The van der Waals surface area contributed by atoms with Gasteiger partial charge in [-0.15, -0.1) is 0 Å². The number of aryl methyl sites for hydroxylation is 1. The molecule has 188 valence electrons. The zero-order valence-corrected chi connectivity index (χ0v) is 20.7. The first-order chi connectivity index (χ1) is 17.7. The summed E-state index contributed by atoms with van der Waals surface area (Å²) in [5.74, 6) is 0.732. The maximum Gasteiger partial charge on any atom is 0.253 e. The molecule has 3 aromatic carbocycles. The molecule has 0 atom stereocenters. The van der Waals surface area contributed by atoms with Crippen LogP contribution < -0.4 is 15.4 Å². The van der Waals surface area contributed by atoms with E-state index in [4.69, 9.17) is 4.74 Å². The lowest BCUT2D eigenvalue weighted by atomic mass is 10.1. The Balaban J connectivity index is 1.16. The quantitative estimate of drug-likeness (QED) is 0.358. The van der Waals surface area contributed by atoms with Crippen molar-refractivity contribution in [2.75, 3.05) is 36.9 Å². The van der Waals surface area contributed by atoms with Crippen LogP contribution in [0.3, 0.4) is 0 Å². The topological polar surface area (TPSA) is 70.7 Å². The Labute approximate surface area is 213 Å². The summed E-state index contributed by atoms with van der Waals surface area (Å²) < 4.78 is 5.82. The molecule has 6 nitrogen and oxygen atoms in total. The third-order valence-corrected chi connectivity index (χ3v) is 6.34. The number of likely N-dealkylation sites (tertiary alicyclic amines) is 1. The first-order valence-corrected chi connectivity index (χ1v) is 12.9. The Morgan fingerprint density at radius 2 is 1.44 bits per heavy atom. The standard InChI is InChI=1S/C30H35N3O3/c34-29(32-27-14-12-25(13-15-27)30(35)33-20-6-1-2-7-21-33)23-31-26-16-18-28(19-17-26)36-22-8-11-24-9-4-3-5-10-24/h3-5,9-10,12-19,31H,1-2,6-8,11,20-23H2,(H,32,34). The summed E-state index contributed by atoms with van der Waals surface area (Å²) in [6, 6.07) is 25.2. The second-order valence-corrected chi connectivity index (χ2v) is 9.15. The molecule has 0 unspecified atom stereocenters. The molecule has 1 heterocycles. The van der Waals surface area contributed by atoms with Crippen molar-refractivity contribution < 1.29 is 14.3 Å². The fraction of sp³-hybridized carbons (Fsp3) is 0.333. The summed E-state index contributed by atoms with van der Waals surface area (Å²) >= 11 is 0. The molecule has 36 heavy (non-hydrogen) atoms. The highest BCUT2D eigenvalue weighted by atomic mass is 16.5. The summed E-state index contributed by atoms with van der Waals surface area (Å²) in [7, 11) is 0. The lowest BCUT2D eigenvalue weighted by molar-refractivity contribution is -0.114. The van der Waals surface area contributed by atoms with Crippen molar-refractivity contribution in [3.05, 3.63) is 90.0 Å². The maximum absolute atomic E-state index is 12.7. The molecule has 4 rings (SSSR count). The Morgan fingerprint density at radius 1 is 0.778 bits per heavy atom. The van der Waals surface area contributed by atoms with Gasteiger partial charge in [-0.25, -0.2) is 0 Å². The Hall–Kier alpha value is -3.80. The number of anilines is 2. The molecular formula is C30H35N3O3. The molecule has 1 aliphatic heterocycles. The van der Waals surface area contributed by atoms with Gasteiger partial charge in [0.1, 0.15) is 5.75 Å². The van der Waals surface area contributed by atoms with E-state index in [1.807, 2.05) is 35.2 Å². The molecule has 0 spiro atoms. The summed E-state index contributed by atoms with van der Waals surface area (Å²) in [6.07, 6.45) is 6.46. The molecule has 0 bridgehead atoms. The molecule has 6 heteroatoms. The van der Waals surface area contributed by atoms with E-state index in [1.165, 1.54) is 18.4 Å². The van der Waals surface area contributed by atoms with Crippen LogP contribution in [0.1, 0.15) is 48.0 Å². The second kappa shape index (κ2) is 13.3. The number of benzene rings is 3. The van der Waals surface area contributed by atoms with E-state index < -0.39 is 0 Å². The van der Waals surface area contributed by atoms with Gasteiger partial charge >= 0.3 is 0 Å². The number of hydrogen-bond acceptors (Lipinski definition) is 4. The fourth-order valence-electron chi connectivity index (χ4n) is 4.32. The van der Waals surface area contributed by atoms with E-state index in [1.54, 1.807) is 24.3 Å². The number of nitrogens with zero attached hydrogens (tertiary/aromatic N) is 1. The zero-order chi connectivity index (χ0) is 25.0. The van der Waals surface area contributed by atoms with Crippen molar-refractivity contribution in [3.63, 3.8) is 0 Å². The number of carbonyl (C=O) groups excluding carboxylic acids is 2. The van der Waals surface area contributed by atoms with Gasteiger partial charge in [-0.05, 0) is 79.8 Å². The van der Waals surface area contributed by atoms with Crippen LogP contribution in [0.25, 0.3) is 0 Å². The molecule has 1 aliphatic rings. The van der Waals surface area contributed by atoms with Gasteiger partial charge in [-0.2, -0.15) is 0 Å². The molecule has 0 radical (unpaired) electrons. The van der Waals surface area contributed by atoms with Crippen molar-refractivity contribution in [2.45, 2.75) is 38.5 Å². The minimum atomic E-state index is -0.150. The highest BCUT2D eigenvalue weighted by molar-refractivity contribution is 5.96. The van der Waals surface area contributed by atoms with Gasteiger partial charge in [-0.3, -0.25) is 9.59 Å². The van der Waals surface area contributed by atoms with Crippen LogP contribution in [0.2, 0.25) is 0 Å². The van der Waals surface area contributed by atoms with Crippen molar-refractivity contribution in [1.82, 2.24) is 4.90 Å². The summed E-state index contributed by atoms with van der Waals surface area (Å²) in [5.41, 5.74) is 3.50. The number of hydrogen-bond donors (Lipinski definition) is 2. The smallest absolute Gasteiger partial charge is 0.253 e. The van der Waals surface area contributed by atoms with Gasteiger partial charge in [0, 0.05) is 30.0 Å². The summed E-state index contributed by atoms with van der Waals surface area (Å²) in [6.45, 7) is 2.45. The predicted octanol–water partition coefficient (Wildman–Crippen LogP) is 5.77. The summed E-state index contributed by atoms with van der Waals surface area (Å²) in [4.78, 5) is 27.0. The molecular weight excluding hydrogens is 450 g/mol. The number of rotatable bonds is 10. The van der Waals surface area contributed by atoms with Crippen LogP contribution in [0.5, 0.6) is 5.75 Å². The van der Waals surface area contributed by atoms with Crippen LogP contribution in [-0.2, 0) is 11.2 Å². The van der Waals surface area contributed by atoms with Crippen molar-refractivity contribution >= 4 is 23.2 Å². The van der Waals surface area contributed by atoms with E-state index in [9.17, 15) is 9.59 Å². The minimum absolute atomic E-state index is 0.0695. The number of nitrogens with one attached hydrogen (secondary N) is 2. The van der Waals surface area contributed by atoms with Crippen LogP contribution in [-0.4, -0.2) is 43.0 Å². The molecule has 0 saturated carbocycles. The van der Waals surface area contributed by atoms with E-state index in [2.05, 4.69) is 34.9 Å². The van der Waals surface area contributed by atoms with E-state index in [0.29, 0.717) is 17.9 Å². The number of ether oxygens (including phenoxy) is 1. The molecule has 1 saturated heterocycles. The van der Waals surface area contributed by atoms with Gasteiger partial charge < -0.3 is 20.3 Å². The first-order valence-electron chi connectivity index (χ1n) is 12.9. The molecule has 0 aromatic heterocycles. The largest absolute Gasteiger partial charge is 0.494 e. The minimum Gasteiger partial charge on any atom is -0.494 e. The molecule has 2 N–H and O–H groups in total. The van der Waals surface area contributed by atoms with E-state index >= 15 is 0 Å². The second-order valence-electron chi connectivity index (χ2n) is 9.15. The Morgan fingerprint density at radius 3 is 2.14 bits per heavy atom. The van der Waals surface area contributed by atoms with Gasteiger partial charge in [0.15, 0.2) is 0 Å². The zero-order valence-electron chi connectivity index (χ0n) is 20.7. The lowest BCUT2D eigenvalue weighted by Gasteiger charge is -2.20. The molecule has 0 aliphatic carbocycles. The maximum atomic E-state index is 12.7. The average Bonchev–Trinajstić information content (AvgIpc) is 3.21. The van der Waals surface area contributed by atoms with Crippen LogP contribution >= 0.6 is 0 Å². The Bertz CT molecular complexity index is 1090. The first kappa shape index (κ1) is 25.3. The predicted molar refractivity (Wildman–Crippen MR) is 145 cm³/mol. The van der Waals surface area contributed by atoms with Gasteiger partial charge in [0.25, 0.3) is 5.91 Å². The molecule has 1 fully saturated rings. The van der Waals surface area contributed by atoms with Crippen LogP contribution in [0.4, 0.5) is 11.4 Å². The SMILES string of the molecule is O=C(CNc1ccc(OCCCc2ccccc2)cc1)Nc1ccc(C(=O)N2CCCCCC2)cc1. The fourth-order valence-corrected chi connectivity index (χ4v) is 4.32. The number of carbonyl (C=O) groups is 2. The monoisotopic (exact) mass is 485 g/mol. The molecule has 3 aromatic rings.